The van der Waals surface area contributed by atoms with E-state index in [1.165, 1.54) is 0 Å². The summed E-state index contributed by atoms with van der Waals surface area (Å²) in [5.74, 6) is 0.836. The normalized spacial score (nSPS) is 18.0. The van der Waals surface area contributed by atoms with Gasteiger partial charge in [0.15, 0.2) is 5.15 Å². The first kappa shape index (κ1) is 18.4. The first-order valence-corrected chi connectivity index (χ1v) is 9.41. The molecule has 1 fully saturated rings. The molecule has 136 valence electrons. The molecule has 1 atom stereocenters. The van der Waals surface area contributed by atoms with Crippen molar-refractivity contribution in [3.8, 4) is 11.4 Å². The molecule has 0 aliphatic carbocycles. The van der Waals surface area contributed by atoms with Crippen LogP contribution in [0.25, 0.3) is 11.4 Å². The largest absolute Gasteiger partial charge is 0.339 e. The van der Waals surface area contributed by atoms with Crippen molar-refractivity contribution in [3.63, 3.8) is 0 Å². The summed E-state index contributed by atoms with van der Waals surface area (Å²) in [6.07, 6.45) is 0. The van der Waals surface area contributed by atoms with Gasteiger partial charge in [-0.15, -0.1) is 0 Å². The fourth-order valence-electron chi connectivity index (χ4n) is 3.49. The Morgan fingerprint density at radius 3 is 2.36 bits per heavy atom. The third kappa shape index (κ3) is 4.23. The molecule has 1 aliphatic heterocycles. The summed E-state index contributed by atoms with van der Waals surface area (Å²) in [5.41, 5.74) is 2.07. The number of rotatable bonds is 6. The maximum Gasteiger partial charge on any atom is 0.152 e. The van der Waals surface area contributed by atoms with Crippen molar-refractivity contribution < 1.29 is 0 Å². The van der Waals surface area contributed by atoms with Crippen LogP contribution in [-0.4, -0.2) is 65.6 Å². The highest BCUT2D eigenvalue weighted by molar-refractivity contribution is 6.30. The number of hydrogen-bond donors (Lipinski definition) is 2. The fourth-order valence-corrected chi connectivity index (χ4v) is 3.75. The lowest BCUT2D eigenvalue weighted by atomic mass is 10.1. The third-order valence-corrected chi connectivity index (χ3v) is 5.27. The Balaban J connectivity index is 1.80. The summed E-state index contributed by atoms with van der Waals surface area (Å²) in [7, 11) is 1.99. The molecule has 1 unspecified atom stereocenters. The van der Waals surface area contributed by atoms with Crippen LogP contribution < -0.4 is 5.32 Å². The lowest BCUT2D eigenvalue weighted by molar-refractivity contribution is 0.0768. The van der Waals surface area contributed by atoms with Crippen molar-refractivity contribution in [1.29, 1.82) is 0 Å². The number of nitrogens with zero attached hydrogens (tertiary/aromatic N) is 3. The highest BCUT2D eigenvalue weighted by Gasteiger charge is 2.28. The lowest BCUT2D eigenvalue weighted by Gasteiger charge is -2.40. The van der Waals surface area contributed by atoms with Crippen LogP contribution >= 0.6 is 11.6 Å². The Labute approximate surface area is 155 Å². The van der Waals surface area contributed by atoms with Gasteiger partial charge in [-0.3, -0.25) is 9.80 Å². The van der Waals surface area contributed by atoms with Crippen LogP contribution in [0.3, 0.4) is 0 Å². The average Bonchev–Trinajstić information content (AvgIpc) is 3.02. The van der Waals surface area contributed by atoms with Crippen LogP contribution in [-0.2, 0) is 0 Å². The van der Waals surface area contributed by atoms with Gasteiger partial charge >= 0.3 is 0 Å². The van der Waals surface area contributed by atoms with E-state index in [9.17, 15) is 0 Å². The Kier molecular flexibility index (Phi) is 6.12. The topological polar surface area (TPSA) is 47.2 Å². The third-order valence-electron chi connectivity index (χ3n) is 4.98. The van der Waals surface area contributed by atoms with E-state index >= 15 is 0 Å². The molecule has 25 heavy (non-hydrogen) atoms. The Bertz CT molecular complexity index is 662. The maximum atomic E-state index is 6.52. The van der Waals surface area contributed by atoms with Crippen LogP contribution in [0.5, 0.6) is 0 Å². The molecular formula is C19H28ClN5. The zero-order valence-electron chi connectivity index (χ0n) is 15.3. The summed E-state index contributed by atoms with van der Waals surface area (Å²) in [5, 5.41) is 3.89. The number of halogens is 1. The molecule has 2 aromatic rings. The number of hydrogen-bond acceptors (Lipinski definition) is 4. The number of nitrogens with one attached hydrogen (secondary N) is 2. The summed E-state index contributed by atoms with van der Waals surface area (Å²) < 4.78 is 0. The van der Waals surface area contributed by atoms with Gasteiger partial charge in [-0.25, -0.2) is 4.98 Å². The summed E-state index contributed by atoms with van der Waals surface area (Å²) in [6, 6.07) is 10.9. The number of H-pyrrole nitrogens is 1. The second kappa shape index (κ2) is 8.32. The molecule has 0 bridgehead atoms. The number of aromatic amines is 1. The minimum Gasteiger partial charge on any atom is -0.339 e. The highest BCUT2D eigenvalue weighted by Crippen LogP contribution is 2.29. The second-order valence-electron chi connectivity index (χ2n) is 6.90. The number of benzene rings is 1. The lowest BCUT2D eigenvalue weighted by Crippen LogP contribution is -2.51. The minimum atomic E-state index is 0.205. The zero-order valence-corrected chi connectivity index (χ0v) is 16.1. The molecule has 6 heteroatoms. The van der Waals surface area contributed by atoms with Gasteiger partial charge in [0.2, 0.25) is 0 Å². The van der Waals surface area contributed by atoms with Crippen LogP contribution in [0.2, 0.25) is 5.15 Å². The number of piperazine rings is 1. The highest BCUT2D eigenvalue weighted by atomic mass is 35.5. The number of likely N-dealkylation sites (N-methyl/N-ethyl adjacent to an activating group) is 1. The molecule has 0 spiro atoms. The van der Waals surface area contributed by atoms with Gasteiger partial charge in [-0.2, -0.15) is 0 Å². The van der Waals surface area contributed by atoms with Gasteiger partial charge < -0.3 is 10.3 Å². The zero-order chi connectivity index (χ0) is 17.8. The van der Waals surface area contributed by atoms with Crippen molar-refractivity contribution in [2.45, 2.75) is 25.9 Å². The standard InChI is InChI=1S/C19H28ClN5/c1-14(2)24-9-11-25(12-10-24)16(13-21-3)17-18(20)23-19(22-17)15-7-5-4-6-8-15/h4-8,14,16,21H,9-13H2,1-3H3,(H,22,23). The predicted molar refractivity (Wildman–Crippen MR) is 104 cm³/mol. The molecule has 1 aromatic heterocycles. The molecule has 1 aromatic carbocycles. The van der Waals surface area contributed by atoms with E-state index in [1.54, 1.807) is 0 Å². The molecule has 1 aliphatic rings. The van der Waals surface area contributed by atoms with E-state index in [0.29, 0.717) is 11.2 Å². The van der Waals surface area contributed by atoms with Crippen LogP contribution in [0.4, 0.5) is 0 Å². The quantitative estimate of drug-likeness (QED) is 0.830. The Hall–Kier alpha value is -1.40. The summed E-state index contributed by atoms with van der Waals surface area (Å²) in [6.45, 7) is 9.64. The molecule has 5 nitrogen and oxygen atoms in total. The average molecular weight is 362 g/mol. The van der Waals surface area contributed by atoms with Crippen LogP contribution in [0.1, 0.15) is 25.6 Å². The van der Waals surface area contributed by atoms with Gasteiger partial charge in [0, 0.05) is 44.3 Å². The number of aromatic nitrogens is 2. The SMILES string of the molecule is CNCC(c1[nH]c(-c2ccccc2)nc1Cl)N1CCN(C(C)C)CC1. The fraction of sp³-hybridized carbons (Fsp3) is 0.526. The minimum absolute atomic E-state index is 0.205. The van der Waals surface area contributed by atoms with Gasteiger partial charge in [0.25, 0.3) is 0 Å². The molecule has 0 radical (unpaired) electrons. The van der Waals surface area contributed by atoms with Crippen molar-refractivity contribution >= 4 is 11.6 Å². The molecule has 3 rings (SSSR count). The van der Waals surface area contributed by atoms with Gasteiger partial charge in [0.05, 0.1) is 11.7 Å². The summed E-state index contributed by atoms with van der Waals surface area (Å²) >= 11 is 6.52. The monoisotopic (exact) mass is 361 g/mol. The maximum absolute atomic E-state index is 6.52. The van der Waals surface area contributed by atoms with Crippen molar-refractivity contribution in [2.24, 2.45) is 0 Å². The molecular weight excluding hydrogens is 334 g/mol. The first-order valence-electron chi connectivity index (χ1n) is 9.03. The Morgan fingerprint density at radius 2 is 1.76 bits per heavy atom. The summed E-state index contributed by atoms with van der Waals surface area (Å²) in [4.78, 5) is 13.1. The molecule has 0 saturated carbocycles. The molecule has 2 heterocycles. The van der Waals surface area contributed by atoms with E-state index < -0.39 is 0 Å². The first-order chi connectivity index (χ1) is 12.1. The van der Waals surface area contributed by atoms with Crippen molar-refractivity contribution in [1.82, 2.24) is 25.1 Å². The van der Waals surface area contributed by atoms with E-state index in [-0.39, 0.29) is 6.04 Å². The number of imidazole rings is 1. The smallest absolute Gasteiger partial charge is 0.152 e. The molecule has 2 N–H and O–H groups in total. The second-order valence-corrected chi connectivity index (χ2v) is 7.25. The Morgan fingerprint density at radius 1 is 1.12 bits per heavy atom. The van der Waals surface area contributed by atoms with Gasteiger partial charge in [-0.1, -0.05) is 41.9 Å². The van der Waals surface area contributed by atoms with E-state index in [0.717, 1.165) is 49.8 Å². The van der Waals surface area contributed by atoms with Gasteiger partial charge in [-0.05, 0) is 20.9 Å². The van der Waals surface area contributed by atoms with Crippen molar-refractivity contribution in [2.75, 3.05) is 39.8 Å². The van der Waals surface area contributed by atoms with Gasteiger partial charge in [0.1, 0.15) is 5.82 Å². The van der Waals surface area contributed by atoms with Crippen molar-refractivity contribution in [3.05, 3.63) is 41.2 Å². The van der Waals surface area contributed by atoms with E-state index in [1.807, 2.05) is 37.4 Å². The van der Waals surface area contributed by atoms with Crippen LogP contribution in [0, 0.1) is 0 Å². The van der Waals surface area contributed by atoms with E-state index in [2.05, 4.69) is 38.9 Å². The molecule has 1 saturated heterocycles. The molecule has 0 amide bonds. The predicted octanol–water partition coefficient (Wildman–Crippen LogP) is 3.02. The van der Waals surface area contributed by atoms with E-state index in [4.69, 9.17) is 11.6 Å². The van der Waals surface area contributed by atoms with Crippen LogP contribution in [0.15, 0.2) is 30.3 Å².